The van der Waals surface area contributed by atoms with E-state index in [1.165, 1.54) is 51.4 Å². The van der Waals surface area contributed by atoms with Gasteiger partial charge in [0.15, 0.2) is 6.19 Å². The van der Waals surface area contributed by atoms with Crippen molar-refractivity contribution in [3.8, 4) is 11.9 Å². The van der Waals surface area contributed by atoms with E-state index >= 15 is 0 Å². The number of nitriles is 1. The van der Waals surface area contributed by atoms with Crippen LogP contribution in [0.4, 0.5) is 5.69 Å². The van der Waals surface area contributed by atoms with Crippen LogP contribution >= 0.6 is 0 Å². The summed E-state index contributed by atoms with van der Waals surface area (Å²) in [5.41, 5.74) is 0.813. The highest BCUT2D eigenvalue weighted by Gasteiger charge is 1.99. The van der Waals surface area contributed by atoms with Crippen molar-refractivity contribution in [1.29, 1.82) is 5.26 Å². The van der Waals surface area contributed by atoms with Crippen molar-refractivity contribution in [3.63, 3.8) is 0 Å². The summed E-state index contributed by atoms with van der Waals surface area (Å²) < 4.78 is 5.72. The second kappa shape index (κ2) is 16.7. The summed E-state index contributed by atoms with van der Waals surface area (Å²) in [7, 11) is 0. The first kappa shape index (κ1) is 24.2. The van der Waals surface area contributed by atoms with Crippen LogP contribution in [0.25, 0.3) is 0 Å². The summed E-state index contributed by atoms with van der Waals surface area (Å²) >= 11 is 0. The van der Waals surface area contributed by atoms with Gasteiger partial charge < -0.3 is 10.1 Å². The van der Waals surface area contributed by atoms with Crippen molar-refractivity contribution in [3.05, 3.63) is 54.9 Å². The number of hydrogen-bond acceptors (Lipinski definition) is 4. The van der Waals surface area contributed by atoms with E-state index in [-0.39, 0.29) is 0 Å². The first-order chi connectivity index (χ1) is 15.4. The van der Waals surface area contributed by atoms with E-state index in [1.54, 1.807) is 12.4 Å². The van der Waals surface area contributed by atoms with Crippen molar-refractivity contribution in [2.75, 3.05) is 18.5 Å². The first-order valence-electron chi connectivity index (χ1n) is 11.4. The lowest BCUT2D eigenvalue weighted by Gasteiger charge is -2.07. The number of aliphatic imine (C=N–C) groups is 1. The first-order valence-corrected chi connectivity index (χ1v) is 11.4. The molecule has 2 rings (SSSR count). The highest BCUT2D eigenvalue weighted by atomic mass is 16.5. The maximum atomic E-state index is 8.86. The minimum Gasteiger partial charge on any atom is -0.494 e. The zero-order valence-electron chi connectivity index (χ0n) is 18.4. The molecule has 1 aromatic heterocycles. The lowest BCUT2D eigenvalue weighted by molar-refractivity contribution is 0.304. The second-order valence-electron chi connectivity index (χ2n) is 7.53. The average molecular weight is 422 g/mol. The monoisotopic (exact) mass is 421 g/mol. The number of ether oxygens (including phenoxy) is 1. The van der Waals surface area contributed by atoms with Crippen molar-refractivity contribution in [2.45, 2.75) is 64.2 Å². The number of pyridine rings is 1. The molecule has 0 atom stereocenters. The molecular formula is C25H35N5O. The lowest BCUT2D eigenvalue weighted by atomic mass is 10.1. The fraction of sp³-hybridized carbons (Fsp3) is 0.480. The highest BCUT2D eigenvalue weighted by molar-refractivity contribution is 5.94. The van der Waals surface area contributed by atoms with Crippen molar-refractivity contribution in [2.24, 2.45) is 4.99 Å². The Balaban J connectivity index is 1.39. The minimum absolute atomic E-state index is 0.477. The van der Waals surface area contributed by atoms with Crippen LogP contribution < -0.4 is 15.4 Å². The lowest BCUT2D eigenvalue weighted by Crippen LogP contribution is -2.27. The molecule has 166 valence electrons. The molecule has 2 N–H and O–H groups in total. The van der Waals surface area contributed by atoms with Crippen LogP contribution in [0.1, 0.15) is 64.2 Å². The molecule has 0 unspecified atom stereocenters. The Bertz CT molecular complexity index is 758. The number of para-hydroxylation sites is 1. The molecule has 1 heterocycles. The van der Waals surface area contributed by atoms with Crippen molar-refractivity contribution in [1.82, 2.24) is 10.3 Å². The fourth-order valence-corrected chi connectivity index (χ4v) is 3.26. The molecule has 6 heteroatoms. The van der Waals surface area contributed by atoms with Crippen LogP contribution in [0.15, 0.2) is 59.9 Å². The summed E-state index contributed by atoms with van der Waals surface area (Å²) in [6.07, 6.45) is 17.7. The normalized spacial score (nSPS) is 11.0. The molecule has 0 radical (unpaired) electrons. The molecule has 31 heavy (non-hydrogen) atoms. The summed E-state index contributed by atoms with van der Waals surface area (Å²) in [5, 5.41) is 14.5. The molecule has 2 aromatic rings. The van der Waals surface area contributed by atoms with Crippen LogP contribution in [-0.2, 0) is 0 Å². The molecule has 0 amide bonds. The van der Waals surface area contributed by atoms with Gasteiger partial charge in [0.25, 0.3) is 0 Å². The van der Waals surface area contributed by atoms with Gasteiger partial charge in [-0.1, -0.05) is 69.6 Å². The number of anilines is 1. The molecule has 0 spiro atoms. The van der Waals surface area contributed by atoms with Crippen LogP contribution in [0.5, 0.6) is 5.75 Å². The number of aromatic nitrogens is 1. The van der Waals surface area contributed by atoms with E-state index in [0.29, 0.717) is 12.5 Å². The number of guanidine groups is 1. The Labute approximate surface area is 186 Å². The molecule has 0 aliphatic heterocycles. The highest BCUT2D eigenvalue weighted by Crippen LogP contribution is 2.12. The molecule has 0 fully saturated rings. The van der Waals surface area contributed by atoms with E-state index < -0.39 is 0 Å². The molecule has 6 nitrogen and oxygen atoms in total. The summed E-state index contributed by atoms with van der Waals surface area (Å²) in [6, 6.07) is 13.8. The van der Waals surface area contributed by atoms with Gasteiger partial charge >= 0.3 is 0 Å². The van der Waals surface area contributed by atoms with Crippen molar-refractivity contribution >= 4 is 11.6 Å². The zero-order valence-corrected chi connectivity index (χ0v) is 18.4. The number of nitrogens with one attached hydrogen (secondary N) is 2. The molecule has 0 aliphatic carbocycles. The van der Waals surface area contributed by atoms with Crippen LogP contribution in [-0.4, -0.2) is 24.1 Å². The molecular weight excluding hydrogens is 386 g/mol. The van der Waals surface area contributed by atoms with E-state index in [1.807, 2.05) is 48.7 Å². The smallest absolute Gasteiger partial charge is 0.209 e. The van der Waals surface area contributed by atoms with Crippen LogP contribution in [0, 0.1) is 11.5 Å². The van der Waals surface area contributed by atoms with Gasteiger partial charge in [-0.25, -0.2) is 0 Å². The molecule has 1 aromatic carbocycles. The number of unbranched alkanes of at least 4 members (excludes halogenated alkanes) is 9. The van der Waals surface area contributed by atoms with Crippen LogP contribution in [0.2, 0.25) is 0 Å². The van der Waals surface area contributed by atoms with Gasteiger partial charge in [0.2, 0.25) is 5.96 Å². The van der Waals surface area contributed by atoms with Crippen LogP contribution in [0.3, 0.4) is 0 Å². The number of nitrogens with zero attached hydrogens (tertiary/aromatic N) is 3. The third-order valence-corrected chi connectivity index (χ3v) is 4.93. The summed E-state index contributed by atoms with van der Waals surface area (Å²) in [6.45, 7) is 1.53. The number of hydrogen-bond donors (Lipinski definition) is 2. The average Bonchev–Trinajstić information content (AvgIpc) is 2.80. The standard InChI is InChI=1S/C25H35N5O/c26-22-29-25(30-23-15-14-18-27-21-23)28-19-12-7-5-3-1-2-4-6-8-13-20-31-24-16-10-9-11-17-24/h9-11,14-18,21H,1-8,12-13,19-20H2,(H2,28,29,30). The van der Waals surface area contributed by atoms with Gasteiger partial charge in [0.1, 0.15) is 5.75 Å². The van der Waals surface area contributed by atoms with Gasteiger partial charge in [-0.3, -0.25) is 15.3 Å². The fourth-order valence-electron chi connectivity index (χ4n) is 3.26. The van der Waals surface area contributed by atoms with Gasteiger partial charge in [-0.2, -0.15) is 5.26 Å². The number of rotatable bonds is 15. The quantitative estimate of drug-likeness (QED) is 0.123. The molecule has 0 bridgehead atoms. The Hall–Kier alpha value is -3.07. The predicted octanol–water partition coefficient (Wildman–Crippen LogP) is 5.90. The third-order valence-electron chi connectivity index (χ3n) is 4.93. The molecule has 0 saturated carbocycles. The Kier molecular flexibility index (Phi) is 13.0. The van der Waals surface area contributed by atoms with E-state index in [4.69, 9.17) is 10.00 Å². The number of benzene rings is 1. The summed E-state index contributed by atoms with van der Waals surface area (Å²) in [5.74, 6) is 1.44. The molecule has 0 saturated heterocycles. The predicted molar refractivity (Wildman–Crippen MR) is 127 cm³/mol. The van der Waals surface area contributed by atoms with Gasteiger partial charge in [-0.15, -0.1) is 0 Å². The zero-order chi connectivity index (χ0) is 21.8. The Morgan fingerprint density at radius 2 is 1.55 bits per heavy atom. The SMILES string of the molecule is N#CNC(=NCCCCCCCCCCCCOc1ccccc1)Nc1cccnc1. The minimum atomic E-state index is 0.477. The van der Waals surface area contributed by atoms with Gasteiger partial charge in [0.05, 0.1) is 18.5 Å². The van der Waals surface area contributed by atoms with Gasteiger partial charge in [0, 0.05) is 12.7 Å². The third kappa shape index (κ3) is 12.3. The van der Waals surface area contributed by atoms with Crippen molar-refractivity contribution < 1.29 is 4.74 Å². The maximum absolute atomic E-state index is 8.86. The second-order valence-corrected chi connectivity index (χ2v) is 7.53. The van der Waals surface area contributed by atoms with E-state index in [2.05, 4.69) is 20.6 Å². The Morgan fingerprint density at radius 3 is 2.19 bits per heavy atom. The Morgan fingerprint density at radius 1 is 0.871 bits per heavy atom. The van der Waals surface area contributed by atoms with Gasteiger partial charge in [-0.05, 0) is 37.1 Å². The van der Waals surface area contributed by atoms with E-state index in [9.17, 15) is 0 Å². The largest absolute Gasteiger partial charge is 0.494 e. The molecule has 0 aliphatic rings. The van der Waals surface area contributed by atoms with E-state index in [0.717, 1.165) is 30.9 Å². The maximum Gasteiger partial charge on any atom is 0.209 e. The topological polar surface area (TPSA) is 82.3 Å². The summed E-state index contributed by atoms with van der Waals surface area (Å²) in [4.78, 5) is 8.49.